The van der Waals surface area contributed by atoms with Crippen LogP contribution in [0.5, 0.6) is 0 Å². The highest BCUT2D eigenvalue weighted by molar-refractivity contribution is 5.86. The van der Waals surface area contributed by atoms with E-state index in [1.165, 1.54) is 0 Å². The Bertz CT molecular complexity index is 210. The molecule has 0 aliphatic heterocycles. The number of carbonyl (C=O) groups is 1. The molecule has 0 saturated heterocycles. The van der Waals surface area contributed by atoms with Crippen molar-refractivity contribution in [3.05, 3.63) is 0 Å². The molecule has 1 rings (SSSR count). The number of aliphatic hydroxyl groups is 1. The molecule has 1 aliphatic rings. The molecule has 4 N–H and O–H groups in total. The minimum absolute atomic E-state index is 0.0124. The maximum atomic E-state index is 11.6. The predicted molar refractivity (Wildman–Crippen MR) is 50.1 cm³/mol. The van der Waals surface area contributed by atoms with Gasteiger partial charge in [-0.25, -0.2) is 0 Å². The number of nitrogens with two attached hydrogens (primary N) is 1. The van der Waals surface area contributed by atoms with Gasteiger partial charge in [0.05, 0.1) is 17.7 Å². The monoisotopic (exact) mass is 186 g/mol. The number of hydrogen-bond acceptors (Lipinski definition) is 3. The highest BCUT2D eigenvalue weighted by Gasteiger charge is 2.45. The Morgan fingerprint density at radius 1 is 1.69 bits per heavy atom. The van der Waals surface area contributed by atoms with Crippen LogP contribution in [0.15, 0.2) is 0 Å². The molecule has 0 heterocycles. The zero-order chi connectivity index (χ0) is 10.1. The van der Waals surface area contributed by atoms with Gasteiger partial charge >= 0.3 is 0 Å². The summed E-state index contributed by atoms with van der Waals surface area (Å²) in [5, 5.41) is 11.8. The van der Waals surface area contributed by atoms with Crippen molar-refractivity contribution in [3.63, 3.8) is 0 Å². The van der Waals surface area contributed by atoms with Gasteiger partial charge in [-0.15, -0.1) is 0 Å². The lowest BCUT2D eigenvalue weighted by atomic mass is 9.99. The smallest absolute Gasteiger partial charge is 0.240 e. The third-order valence-electron chi connectivity index (χ3n) is 2.79. The molecule has 4 nitrogen and oxygen atoms in total. The molecule has 0 spiro atoms. The summed E-state index contributed by atoms with van der Waals surface area (Å²) in [6, 6.07) is 0. The van der Waals surface area contributed by atoms with Gasteiger partial charge in [-0.1, -0.05) is 6.92 Å². The molecule has 4 heteroatoms. The van der Waals surface area contributed by atoms with E-state index in [1.54, 1.807) is 6.92 Å². The van der Waals surface area contributed by atoms with Crippen LogP contribution in [0.2, 0.25) is 0 Å². The van der Waals surface area contributed by atoms with Crippen molar-refractivity contribution in [2.24, 2.45) is 5.73 Å². The first-order valence-corrected chi connectivity index (χ1v) is 4.68. The summed E-state index contributed by atoms with van der Waals surface area (Å²) in [5.41, 5.74) is 4.59. The second-order valence-electron chi connectivity index (χ2n) is 4.16. The SMILES string of the molecule is CCC(C)(N)C(=O)NC1(CO)CC1. The summed E-state index contributed by atoms with van der Waals surface area (Å²) in [6.07, 6.45) is 2.31. The van der Waals surface area contributed by atoms with Crippen molar-refractivity contribution in [2.75, 3.05) is 6.61 Å². The largest absolute Gasteiger partial charge is 0.394 e. The van der Waals surface area contributed by atoms with Crippen molar-refractivity contribution in [2.45, 2.75) is 44.2 Å². The first-order chi connectivity index (χ1) is 5.96. The molecular formula is C9H18N2O2. The Balaban J connectivity index is 2.50. The fraction of sp³-hybridized carbons (Fsp3) is 0.889. The highest BCUT2D eigenvalue weighted by Crippen LogP contribution is 2.34. The van der Waals surface area contributed by atoms with Crippen LogP contribution in [0.3, 0.4) is 0 Å². The highest BCUT2D eigenvalue weighted by atomic mass is 16.3. The van der Waals surface area contributed by atoms with Crippen LogP contribution in [0, 0.1) is 0 Å². The summed E-state index contributed by atoms with van der Waals surface area (Å²) in [6.45, 7) is 3.59. The molecule has 0 aromatic heterocycles. The van der Waals surface area contributed by atoms with Gasteiger partial charge in [0.25, 0.3) is 0 Å². The molecule has 1 amide bonds. The lowest BCUT2D eigenvalue weighted by Gasteiger charge is -2.25. The second-order valence-corrected chi connectivity index (χ2v) is 4.16. The fourth-order valence-corrected chi connectivity index (χ4v) is 1.02. The maximum absolute atomic E-state index is 11.6. The van der Waals surface area contributed by atoms with Gasteiger partial charge in [0.1, 0.15) is 0 Å². The summed E-state index contributed by atoms with van der Waals surface area (Å²) in [5.74, 6) is -0.165. The molecule has 1 atom stereocenters. The Labute approximate surface area is 78.5 Å². The van der Waals surface area contributed by atoms with Crippen molar-refractivity contribution >= 4 is 5.91 Å². The van der Waals surface area contributed by atoms with E-state index < -0.39 is 5.54 Å². The van der Waals surface area contributed by atoms with E-state index in [9.17, 15) is 4.79 Å². The van der Waals surface area contributed by atoms with Gasteiger partial charge in [0.2, 0.25) is 5.91 Å². The summed E-state index contributed by atoms with van der Waals surface area (Å²) in [7, 11) is 0. The standard InChI is InChI=1S/C9H18N2O2/c1-3-8(2,10)7(13)11-9(6-12)4-5-9/h12H,3-6,10H2,1-2H3,(H,11,13). The number of nitrogens with one attached hydrogen (secondary N) is 1. The molecule has 0 aromatic carbocycles. The van der Waals surface area contributed by atoms with E-state index in [0.29, 0.717) is 6.42 Å². The summed E-state index contributed by atoms with van der Waals surface area (Å²) < 4.78 is 0. The third kappa shape index (κ3) is 2.19. The van der Waals surface area contributed by atoms with Crippen molar-refractivity contribution in [3.8, 4) is 0 Å². The number of amides is 1. The average molecular weight is 186 g/mol. The molecule has 13 heavy (non-hydrogen) atoms. The van der Waals surface area contributed by atoms with E-state index in [0.717, 1.165) is 12.8 Å². The molecule has 0 radical (unpaired) electrons. The average Bonchev–Trinajstić information content (AvgIpc) is 2.85. The second kappa shape index (κ2) is 3.27. The van der Waals surface area contributed by atoms with Crippen LogP contribution in [-0.4, -0.2) is 28.7 Å². The molecule has 0 bridgehead atoms. The molecular weight excluding hydrogens is 168 g/mol. The van der Waals surface area contributed by atoms with Gasteiger partial charge < -0.3 is 16.2 Å². The lowest BCUT2D eigenvalue weighted by molar-refractivity contribution is -0.127. The van der Waals surface area contributed by atoms with Gasteiger partial charge in [-0.3, -0.25) is 4.79 Å². The summed E-state index contributed by atoms with van der Waals surface area (Å²) in [4.78, 5) is 11.6. The van der Waals surface area contributed by atoms with Gasteiger partial charge in [-0.2, -0.15) is 0 Å². The molecule has 76 valence electrons. The number of rotatable bonds is 4. The van der Waals surface area contributed by atoms with Crippen molar-refractivity contribution in [1.29, 1.82) is 0 Å². The van der Waals surface area contributed by atoms with Gasteiger partial charge in [0, 0.05) is 0 Å². The molecule has 1 aliphatic carbocycles. The zero-order valence-corrected chi connectivity index (χ0v) is 8.26. The molecule has 1 unspecified atom stereocenters. The van der Waals surface area contributed by atoms with Crippen LogP contribution in [0.25, 0.3) is 0 Å². The van der Waals surface area contributed by atoms with E-state index in [4.69, 9.17) is 10.8 Å². The van der Waals surface area contributed by atoms with E-state index in [2.05, 4.69) is 5.32 Å². The first kappa shape index (κ1) is 10.5. The summed E-state index contributed by atoms with van der Waals surface area (Å²) >= 11 is 0. The zero-order valence-electron chi connectivity index (χ0n) is 8.26. The van der Waals surface area contributed by atoms with Crippen molar-refractivity contribution < 1.29 is 9.90 Å². The van der Waals surface area contributed by atoms with Crippen LogP contribution in [0.4, 0.5) is 0 Å². The Morgan fingerprint density at radius 3 is 2.54 bits per heavy atom. The molecule has 0 aromatic rings. The van der Waals surface area contributed by atoms with Crippen LogP contribution < -0.4 is 11.1 Å². The van der Waals surface area contributed by atoms with Crippen LogP contribution >= 0.6 is 0 Å². The van der Waals surface area contributed by atoms with Gasteiger partial charge in [0.15, 0.2) is 0 Å². The first-order valence-electron chi connectivity index (χ1n) is 4.68. The fourth-order valence-electron chi connectivity index (χ4n) is 1.02. The topological polar surface area (TPSA) is 75.4 Å². The minimum atomic E-state index is -0.815. The normalized spacial score (nSPS) is 23.4. The molecule has 1 fully saturated rings. The van der Waals surface area contributed by atoms with Crippen molar-refractivity contribution in [1.82, 2.24) is 5.32 Å². The lowest BCUT2D eigenvalue weighted by Crippen LogP contribution is -2.55. The quantitative estimate of drug-likeness (QED) is 0.567. The number of carbonyl (C=O) groups excluding carboxylic acids is 1. The maximum Gasteiger partial charge on any atom is 0.240 e. The molecule has 1 saturated carbocycles. The minimum Gasteiger partial charge on any atom is -0.394 e. The Hall–Kier alpha value is -0.610. The van der Waals surface area contributed by atoms with E-state index >= 15 is 0 Å². The van der Waals surface area contributed by atoms with E-state index in [1.807, 2.05) is 6.92 Å². The number of aliphatic hydroxyl groups excluding tert-OH is 1. The Kier molecular flexibility index (Phi) is 2.63. The Morgan fingerprint density at radius 2 is 2.23 bits per heavy atom. The predicted octanol–water partition coefficient (Wildman–Crippen LogP) is -0.245. The van der Waals surface area contributed by atoms with Gasteiger partial charge in [-0.05, 0) is 26.2 Å². The number of hydrogen-bond donors (Lipinski definition) is 3. The van der Waals surface area contributed by atoms with Crippen LogP contribution in [0.1, 0.15) is 33.1 Å². The van der Waals surface area contributed by atoms with Crippen LogP contribution in [-0.2, 0) is 4.79 Å². The third-order valence-corrected chi connectivity index (χ3v) is 2.79. The van der Waals surface area contributed by atoms with E-state index in [-0.39, 0.29) is 18.1 Å².